The highest BCUT2D eigenvalue weighted by Gasteiger charge is 2.22. The summed E-state index contributed by atoms with van der Waals surface area (Å²) in [6.45, 7) is 0. The van der Waals surface area contributed by atoms with Gasteiger partial charge in [-0.3, -0.25) is 4.57 Å². The SMILES string of the molecule is c1ccc(-c2cc3sc4nc(-c5cnc(-n6c7ccc8ccccc8c7c7c8ccccc8ccc76)nc5)nc(-c5ccccc5)c4c3cc2-c2ccccc2)cc1. The van der Waals surface area contributed by atoms with E-state index < -0.39 is 0 Å². The number of aromatic nitrogens is 5. The molecule has 4 heterocycles. The maximum absolute atomic E-state index is 5.32. The van der Waals surface area contributed by atoms with Crippen LogP contribution in [0.15, 0.2) is 188 Å². The average Bonchev–Trinajstić information content (AvgIpc) is 3.85. The predicted octanol–water partition coefficient (Wildman–Crippen LogP) is 13.7. The van der Waals surface area contributed by atoms with Crippen molar-refractivity contribution in [1.82, 2.24) is 24.5 Å². The van der Waals surface area contributed by atoms with Crippen molar-refractivity contribution in [3.63, 3.8) is 0 Å². The van der Waals surface area contributed by atoms with E-state index >= 15 is 0 Å². The second-order valence-corrected chi connectivity index (χ2v) is 15.7. The molecule has 5 nitrogen and oxygen atoms in total. The van der Waals surface area contributed by atoms with Crippen LogP contribution < -0.4 is 0 Å². The lowest BCUT2D eigenvalue weighted by atomic mass is 9.92. The summed E-state index contributed by atoms with van der Waals surface area (Å²) in [5.41, 5.74) is 9.53. The molecule has 0 bridgehead atoms. The van der Waals surface area contributed by atoms with Crippen LogP contribution >= 0.6 is 11.3 Å². The van der Waals surface area contributed by atoms with Crippen molar-refractivity contribution in [1.29, 1.82) is 0 Å². The molecule has 0 aliphatic heterocycles. The van der Waals surface area contributed by atoms with E-state index in [4.69, 9.17) is 19.9 Å². The minimum atomic E-state index is 0.593. The molecular weight excluding hydrogens is 727 g/mol. The van der Waals surface area contributed by atoms with Gasteiger partial charge in [0.25, 0.3) is 0 Å². The summed E-state index contributed by atoms with van der Waals surface area (Å²) < 4.78 is 3.35. The highest BCUT2D eigenvalue weighted by Crippen LogP contribution is 2.45. The number of hydrogen-bond donors (Lipinski definition) is 0. The summed E-state index contributed by atoms with van der Waals surface area (Å²) in [4.78, 5) is 21.6. The molecule has 12 rings (SSSR count). The van der Waals surface area contributed by atoms with Gasteiger partial charge in [-0.15, -0.1) is 11.3 Å². The monoisotopic (exact) mass is 757 g/mol. The van der Waals surface area contributed by atoms with E-state index in [1.54, 1.807) is 11.3 Å². The lowest BCUT2D eigenvalue weighted by Gasteiger charge is -2.12. The van der Waals surface area contributed by atoms with Crippen molar-refractivity contribution >= 4 is 75.0 Å². The smallest absolute Gasteiger partial charge is 0.234 e. The predicted molar refractivity (Wildman–Crippen MR) is 242 cm³/mol. The fourth-order valence-corrected chi connectivity index (χ4v) is 9.78. The van der Waals surface area contributed by atoms with Crippen molar-refractivity contribution in [3.8, 4) is 50.8 Å². The number of hydrogen-bond acceptors (Lipinski definition) is 5. The van der Waals surface area contributed by atoms with Crippen LogP contribution in [0.25, 0.3) is 115 Å². The first-order valence-electron chi connectivity index (χ1n) is 19.4. The average molecular weight is 758 g/mol. The van der Waals surface area contributed by atoms with Gasteiger partial charge in [0.2, 0.25) is 5.95 Å². The summed E-state index contributed by atoms with van der Waals surface area (Å²) in [6, 6.07) is 62.3. The summed E-state index contributed by atoms with van der Waals surface area (Å²) in [6.07, 6.45) is 3.73. The van der Waals surface area contributed by atoms with Gasteiger partial charge >= 0.3 is 0 Å². The fraction of sp³-hybridized carbons (Fsp3) is 0. The number of nitrogens with zero attached hydrogens (tertiary/aromatic N) is 5. The number of thiophene rings is 1. The Labute approximate surface area is 337 Å². The first-order valence-corrected chi connectivity index (χ1v) is 20.2. The van der Waals surface area contributed by atoms with Gasteiger partial charge in [-0.1, -0.05) is 152 Å². The van der Waals surface area contributed by atoms with Crippen LogP contribution in [0, 0.1) is 0 Å². The number of fused-ring (bicyclic) bond motifs is 10. The van der Waals surface area contributed by atoms with Gasteiger partial charge in [-0.2, -0.15) is 0 Å². The molecule has 0 unspecified atom stereocenters. The third-order valence-corrected chi connectivity index (χ3v) is 12.4. The second kappa shape index (κ2) is 13.0. The molecule has 58 heavy (non-hydrogen) atoms. The quantitative estimate of drug-likeness (QED) is 0.175. The van der Waals surface area contributed by atoms with E-state index in [1.807, 2.05) is 18.5 Å². The van der Waals surface area contributed by atoms with Gasteiger partial charge in [0.1, 0.15) is 4.83 Å². The molecule has 0 atom stereocenters. The molecule has 0 saturated heterocycles. The first-order chi connectivity index (χ1) is 28.8. The zero-order chi connectivity index (χ0) is 38.2. The van der Waals surface area contributed by atoms with E-state index in [2.05, 4.69) is 174 Å². The third-order valence-electron chi connectivity index (χ3n) is 11.3. The Morgan fingerprint density at radius 3 is 1.52 bits per heavy atom. The number of rotatable bonds is 5. The topological polar surface area (TPSA) is 56.5 Å². The van der Waals surface area contributed by atoms with E-state index in [-0.39, 0.29) is 0 Å². The molecule has 0 saturated carbocycles. The lowest BCUT2D eigenvalue weighted by molar-refractivity contribution is 0.987. The molecule has 8 aromatic carbocycles. The van der Waals surface area contributed by atoms with Crippen LogP contribution in [0.1, 0.15) is 0 Å². The molecule has 0 aliphatic carbocycles. The van der Waals surface area contributed by atoms with Crippen LogP contribution in [-0.2, 0) is 0 Å². The van der Waals surface area contributed by atoms with E-state index in [0.717, 1.165) is 48.2 Å². The fourth-order valence-electron chi connectivity index (χ4n) is 8.68. The summed E-state index contributed by atoms with van der Waals surface area (Å²) >= 11 is 1.70. The molecule has 6 heteroatoms. The van der Waals surface area contributed by atoms with Crippen LogP contribution in [-0.4, -0.2) is 24.5 Å². The molecule has 0 radical (unpaired) electrons. The zero-order valence-electron chi connectivity index (χ0n) is 31.0. The molecule has 0 N–H and O–H groups in total. The maximum Gasteiger partial charge on any atom is 0.234 e. The van der Waals surface area contributed by atoms with Crippen LogP contribution in [0.5, 0.6) is 0 Å². The molecule has 0 spiro atoms. The minimum Gasteiger partial charge on any atom is -0.278 e. The van der Waals surface area contributed by atoms with Crippen molar-refractivity contribution < 1.29 is 0 Å². The summed E-state index contributed by atoms with van der Waals surface area (Å²) in [5.74, 6) is 1.19. The largest absolute Gasteiger partial charge is 0.278 e. The van der Waals surface area contributed by atoms with Crippen LogP contribution in [0.4, 0.5) is 0 Å². The normalized spacial score (nSPS) is 11.8. The van der Waals surface area contributed by atoms with Gasteiger partial charge in [0.15, 0.2) is 5.82 Å². The Morgan fingerprint density at radius 1 is 0.414 bits per heavy atom. The Kier molecular flexibility index (Phi) is 7.33. The molecule has 4 aromatic heterocycles. The van der Waals surface area contributed by atoms with Gasteiger partial charge in [0, 0.05) is 44.2 Å². The van der Waals surface area contributed by atoms with Crippen LogP contribution in [0.3, 0.4) is 0 Å². The lowest BCUT2D eigenvalue weighted by Crippen LogP contribution is -2.02. The first kappa shape index (κ1) is 32.7. The Hall–Kier alpha value is -7.54. The second-order valence-electron chi connectivity index (χ2n) is 14.6. The van der Waals surface area contributed by atoms with Gasteiger partial charge in [-0.05, 0) is 68.1 Å². The summed E-state index contributed by atoms with van der Waals surface area (Å²) in [5, 5.41) is 9.42. The molecule has 0 amide bonds. The molecular formula is C52H31N5S. The van der Waals surface area contributed by atoms with Crippen molar-refractivity contribution in [3.05, 3.63) is 188 Å². The van der Waals surface area contributed by atoms with E-state index in [9.17, 15) is 0 Å². The van der Waals surface area contributed by atoms with E-state index in [0.29, 0.717) is 11.8 Å². The third kappa shape index (κ3) is 5.09. The summed E-state index contributed by atoms with van der Waals surface area (Å²) in [7, 11) is 0. The molecule has 0 fully saturated rings. The molecule has 0 aliphatic rings. The van der Waals surface area contributed by atoms with Gasteiger partial charge in [-0.25, -0.2) is 19.9 Å². The van der Waals surface area contributed by atoms with Crippen LogP contribution in [0.2, 0.25) is 0 Å². The number of benzene rings is 8. The zero-order valence-corrected chi connectivity index (χ0v) is 31.9. The van der Waals surface area contributed by atoms with Gasteiger partial charge in [0.05, 0.1) is 22.3 Å². The van der Waals surface area contributed by atoms with Crippen molar-refractivity contribution in [2.24, 2.45) is 0 Å². The minimum absolute atomic E-state index is 0.593. The Morgan fingerprint density at radius 2 is 0.931 bits per heavy atom. The van der Waals surface area contributed by atoms with E-state index in [1.165, 1.54) is 54.6 Å². The van der Waals surface area contributed by atoms with Crippen molar-refractivity contribution in [2.75, 3.05) is 0 Å². The van der Waals surface area contributed by atoms with Gasteiger partial charge < -0.3 is 0 Å². The standard InChI is InChI=1S/C52H31N5S/c1-4-14-32(15-5-1)40-28-42-45(29-41(40)33-16-6-2-7-17-33)58-51-48(42)49(36-20-8-3-9-21-36)55-50(56-51)37-30-53-52(54-31-37)57-43-26-24-34-18-10-12-22-38(34)46(43)47-39-23-13-11-19-35(39)25-27-44(47)57/h1-31H. The Bertz CT molecular complexity index is 3450. The molecule has 270 valence electrons. The highest BCUT2D eigenvalue weighted by atomic mass is 32.1. The maximum atomic E-state index is 5.32. The Balaban J connectivity index is 1.06. The highest BCUT2D eigenvalue weighted by molar-refractivity contribution is 7.25. The van der Waals surface area contributed by atoms with Crippen molar-refractivity contribution in [2.45, 2.75) is 0 Å². The molecule has 12 aromatic rings.